The summed E-state index contributed by atoms with van der Waals surface area (Å²) < 4.78 is 0. The standard InChI is InChI=1S/C10H17N3O/c1-6(12-13-10(11)14)9-5-7-2-3-8(9)4-7/h7-9H,2-5H2,1H3,(H3,11,13,14). The van der Waals surface area contributed by atoms with Crippen LogP contribution < -0.4 is 11.2 Å². The summed E-state index contributed by atoms with van der Waals surface area (Å²) in [5.41, 5.74) is 8.30. The zero-order chi connectivity index (χ0) is 10.1. The molecule has 3 atom stereocenters. The molecule has 2 amide bonds. The lowest BCUT2D eigenvalue weighted by molar-refractivity contribution is 0.249. The van der Waals surface area contributed by atoms with E-state index in [2.05, 4.69) is 10.5 Å². The minimum Gasteiger partial charge on any atom is -0.350 e. The molecule has 2 aliphatic carbocycles. The van der Waals surface area contributed by atoms with Gasteiger partial charge in [0.25, 0.3) is 0 Å². The molecule has 0 radical (unpaired) electrons. The van der Waals surface area contributed by atoms with Gasteiger partial charge in [-0.2, -0.15) is 5.10 Å². The minimum absolute atomic E-state index is 0.576. The van der Waals surface area contributed by atoms with Crippen LogP contribution in [0.4, 0.5) is 4.79 Å². The van der Waals surface area contributed by atoms with Gasteiger partial charge in [0, 0.05) is 11.6 Å². The van der Waals surface area contributed by atoms with Crippen molar-refractivity contribution in [3.05, 3.63) is 0 Å². The van der Waals surface area contributed by atoms with E-state index in [0.717, 1.165) is 17.5 Å². The summed E-state index contributed by atoms with van der Waals surface area (Å²) in [7, 11) is 0. The Bertz CT molecular complexity index is 275. The second-order valence-electron chi connectivity index (χ2n) is 4.51. The number of hydrazone groups is 1. The van der Waals surface area contributed by atoms with Crippen LogP contribution in [0.2, 0.25) is 0 Å². The molecule has 4 heteroatoms. The molecule has 2 fully saturated rings. The van der Waals surface area contributed by atoms with Gasteiger partial charge in [-0.1, -0.05) is 6.42 Å². The van der Waals surface area contributed by atoms with E-state index in [9.17, 15) is 4.79 Å². The smallest absolute Gasteiger partial charge is 0.332 e. The van der Waals surface area contributed by atoms with Gasteiger partial charge < -0.3 is 5.73 Å². The van der Waals surface area contributed by atoms with Gasteiger partial charge in [-0.05, 0) is 38.0 Å². The van der Waals surface area contributed by atoms with Crippen LogP contribution in [-0.4, -0.2) is 11.7 Å². The summed E-state index contributed by atoms with van der Waals surface area (Å²) in [6, 6.07) is -0.576. The number of nitrogens with one attached hydrogen (secondary N) is 1. The van der Waals surface area contributed by atoms with Crippen LogP contribution in [0.5, 0.6) is 0 Å². The highest BCUT2D eigenvalue weighted by atomic mass is 16.2. The molecular formula is C10H17N3O. The average Bonchev–Trinajstić information content (AvgIpc) is 2.74. The average molecular weight is 195 g/mol. The third-order valence-corrected chi connectivity index (χ3v) is 3.62. The quantitative estimate of drug-likeness (QED) is 0.508. The van der Waals surface area contributed by atoms with Crippen molar-refractivity contribution in [1.82, 2.24) is 5.43 Å². The van der Waals surface area contributed by atoms with Crippen molar-refractivity contribution in [3.8, 4) is 0 Å². The summed E-state index contributed by atoms with van der Waals surface area (Å²) in [6.07, 6.45) is 5.32. The lowest BCUT2D eigenvalue weighted by atomic mass is 9.86. The fourth-order valence-electron chi connectivity index (χ4n) is 2.98. The molecule has 4 nitrogen and oxygen atoms in total. The minimum atomic E-state index is -0.576. The molecule has 14 heavy (non-hydrogen) atoms. The van der Waals surface area contributed by atoms with Gasteiger partial charge in [0.1, 0.15) is 0 Å². The predicted molar refractivity (Wildman–Crippen MR) is 54.8 cm³/mol. The summed E-state index contributed by atoms with van der Waals surface area (Å²) >= 11 is 0. The second kappa shape index (κ2) is 3.59. The van der Waals surface area contributed by atoms with Gasteiger partial charge in [-0.25, -0.2) is 10.2 Å². The molecule has 0 saturated heterocycles. The maximum absolute atomic E-state index is 10.5. The first-order valence-corrected chi connectivity index (χ1v) is 5.26. The van der Waals surface area contributed by atoms with Crippen molar-refractivity contribution in [3.63, 3.8) is 0 Å². The van der Waals surface area contributed by atoms with Gasteiger partial charge in [0.15, 0.2) is 0 Å². The van der Waals surface area contributed by atoms with E-state index < -0.39 is 6.03 Å². The number of primary amides is 1. The summed E-state index contributed by atoms with van der Waals surface area (Å²) in [4.78, 5) is 10.5. The van der Waals surface area contributed by atoms with Gasteiger partial charge in [-0.15, -0.1) is 0 Å². The molecule has 0 aromatic heterocycles. The van der Waals surface area contributed by atoms with Crippen molar-refractivity contribution < 1.29 is 4.79 Å². The zero-order valence-electron chi connectivity index (χ0n) is 8.49. The SMILES string of the molecule is CC(=NNC(N)=O)C1CC2CCC1C2. The van der Waals surface area contributed by atoms with Crippen LogP contribution in [0.1, 0.15) is 32.6 Å². The second-order valence-corrected chi connectivity index (χ2v) is 4.51. The van der Waals surface area contributed by atoms with Gasteiger partial charge in [0.05, 0.1) is 0 Å². The number of fused-ring (bicyclic) bond motifs is 2. The van der Waals surface area contributed by atoms with E-state index in [1.807, 2.05) is 6.92 Å². The molecule has 78 valence electrons. The third kappa shape index (κ3) is 1.74. The summed E-state index contributed by atoms with van der Waals surface area (Å²) in [5, 5.41) is 4.02. The maximum Gasteiger partial charge on any atom is 0.332 e. The van der Waals surface area contributed by atoms with E-state index in [0.29, 0.717) is 5.92 Å². The zero-order valence-corrected chi connectivity index (χ0v) is 8.49. The van der Waals surface area contributed by atoms with Crippen molar-refractivity contribution in [2.24, 2.45) is 28.6 Å². The monoisotopic (exact) mass is 195 g/mol. The number of carbonyl (C=O) groups is 1. The number of carbonyl (C=O) groups excluding carboxylic acids is 1. The number of hydrogen-bond acceptors (Lipinski definition) is 2. The molecule has 0 aromatic rings. The number of hydrogen-bond donors (Lipinski definition) is 2. The van der Waals surface area contributed by atoms with Crippen LogP contribution in [0, 0.1) is 17.8 Å². The van der Waals surface area contributed by atoms with Crippen molar-refractivity contribution in [2.75, 3.05) is 0 Å². The number of rotatable bonds is 2. The lowest BCUT2D eigenvalue weighted by Crippen LogP contribution is -2.28. The molecule has 0 aliphatic heterocycles. The molecule has 3 N–H and O–H groups in total. The van der Waals surface area contributed by atoms with Gasteiger partial charge >= 0.3 is 6.03 Å². The summed E-state index contributed by atoms with van der Waals surface area (Å²) in [5.74, 6) is 2.29. The van der Waals surface area contributed by atoms with Crippen LogP contribution in [0.15, 0.2) is 5.10 Å². The first kappa shape index (κ1) is 9.49. The van der Waals surface area contributed by atoms with Crippen LogP contribution in [0.25, 0.3) is 0 Å². The Morgan fingerprint density at radius 2 is 2.21 bits per heavy atom. The lowest BCUT2D eigenvalue weighted by Gasteiger charge is -2.20. The highest BCUT2D eigenvalue weighted by Gasteiger charge is 2.40. The molecule has 2 aliphatic rings. The van der Waals surface area contributed by atoms with E-state index in [1.54, 1.807) is 0 Å². The highest BCUT2D eigenvalue weighted by Crippen LogP contribution is 2.48. The van der Waals surface area contributed by atoms with E-state index in [1.165, 1.54) is 25.7 Å². The van der Waals surface area contributed by atoms with Crippen LogP contribution in [-0.2, 0) is 0 Å². The predicted octanol–water partition coefficient (Wildman–Crippen LogP) is 1.47. The Balaban J connectivity index is 1.95. The Kier molecular flexibility index (Phi) is 2.44. The van der Waals surface area contributed by atoms with Crippen LogP contribution in [0.3, 0.4) is 0 Å². The van der Waals surface area contributed by atoms with Gasteiger partial charge in [-0.3, -0.25) is 0 Å². The number of nitrogens with zero attached hydrogens (tertiary/aromatic N) is 1. The summed E-state index contributed by atoms with van der Waals surface area (Å²) in [6.45, 7) is 1.99. The molecule has 0 heterocycles. The highest BCUT2D eigenvalue weighted by molar-refractivity contribution is 5.86. The number of urea groups is 1. The molecule has 0 aromatic carbocycles. The van der Waals surface area contributed by atoms with E-state index >= 15 is 0 Å². The number of amides is 2. The fourth-order valence-corrected chi connectivity index (χ4v) is 2.98. The Morgan fingerprint density at radius 3 is 2.71 bits per heavy atom. The van der Waals surface area contributed by atoms with Crippen molar-refractivity contribution >= 4 is 11.7 Å². The Morgan fingerprint density at radius 1 is 1.43 bits per heavy atom. The van der Waals surface area contributed by atoms with E-state index in [-0.39, 0.29) is 0 Å². The van der Waals surface area contributed by atoms with Crippen LogP contribution >= 0.6 is 0 Å². The molecule has 3 unspecified atom stereocenters. The number of nitrogens with two attached hydrogens (primary N) is 1. The fraction of sp³-hybridized carbons (Fsp3) is 0.800. The van der Waals surface area contributed by atoms with Crippen molar-refractivity contribution in [2.45, 2.75) is 32.6 Å². The molecule has 2 saturated carbocycles. The van der Waals surface area contributed by atoms with Gasteiger partial charge in [0.2, 0.25) is 0 Å². The molecule has 2 rings (SSSR count). The Hall–Kier alpha value is -1.06. The maximum atomic E-state index is 10.5. The first-order chi connectivity index (χ1) is 6.66. The molecule has 2 bridgehead atoms. The van der Waals surface area contributed by atoms with E-state index in [4.69, 9.17) is 5.73 Å². The Labute approximate surface area is 83.9 Å². The van der Waals surface area contributed by atoms with Crippen molar-refractivity contribution in [1.29, 1.82) is 0 Å². The normalized spacial score (nSPS) is 36.1. The molecular weight excluding hydrogens is 178 g/mol. The molecule has 0 spiro atoms. The first-order valence-electron chi connectivity index (χ1n) is 5.26. The topological polar surface area (TPSA) is 67.5 Å². The third-order valence-electron chi connectivity index (χ3n) is 3.62. The largest absolute Gasteiger partial charge is 0.350 e.